The molecule has 2 aromatic carbocycles. The maximum absolute atomic E-state index is 13.1. The van der Waals surface area contributed by atoms with E-state index in [9.17, 15) is 9.59 Å². The Morgan fingerprint density at radius 2 is 1.76 bits per heavy atom. The summed E-state index contributed by atoms with van der Waals surface area (Å²) in [6, 6.07) is 17.0. The van der Waals surface area contributed by atoms with E-state index in [4.69, 9.17) is 4.42 Å². The molecule has 1 saturated heterocycles. The molecule has 2 heterocycles. The van der Waals surface area contributed by atoms with Gasteiger partial charge in [-0.15, -0.1) is 0 Å². The Labute approximate surface area is 170 Å². The van der Waals surface area contributed by atoms with E-state index >= 15 is 0 Å². The molecule has 1 aliphatic heterocycles. The number of rotatable bonds is 6. The van der Waals surface area contributed by atoms with E-state index in [1.807, 2.05) is 55.6 Å². The Kier molecular flexibility index (Phi) is 4.88. The summed E-state index contributed by atoms with van der Waals surface area (Å²) in [7, 11) is 1.99. The lowest BCUT2D eigenvalue weighted by Gasteiger charge is -2.23. The van der Waals surface area contributed by atoms with Crippen molar-refractivity contribution in [3.63, 3.8) is 0 Å². The average molecular weight is 392 g/mol. The second-order valence-electron chi connectivity index (χ2n) is 7.80. The van der Waals surface area contributed by atoms with Crippen LogP contribution in [-0.4, -0.2) is 30.6 Å². The third-order valence-electron chi connectivity index (χ3n) is 5.64. The van der Waals surface area contributed by atoms with Crippen molar-refractivity contribution in [2.24, 2.45) is 0 Å². The number of hydrogen-bond donors (Lipinski definition) is 2. The normalized spacial score (nSPS) is 20.3. The van der Waals surface area contributed by atoms with Crippen molar-refractivity contribution in [3.8, 4) is 0 Å². The number of amides is 3. The first-order valence-electron chi connectivity index (χ1n) is 9.94. The molecule has 3 aromatic rings. The van der Waals surface area contributed by atoms with E-state index in [1.54, 1.807) is 6.92 Å². The number of urea groups is 1. The van der Waals surface area contributed by atoms with Gasteiger partial charge in [0.15, 0.2) is 6.67 Å². The molecule has 2 atom stereocenters. The number of nitrogens with one attached hydrogen (secondary N) is 2. The van der Waals surface area contributed by atoms with Crippen LogP contribution in [0.3, 0.4) is 0 Å². The molecule has 1 unspecified atom stereocenters. The molecule has 150 valence electrons. The van der Waals surface area contributed by atoms with E-state index in [0.29, 0.717) is 6.54 Å². The minimum Gasteiger partial charge on any atom is -0.461 e. The van der Waals surface area contributed by atoms with Crippen molar-refractivity contribution < 1.29 is 18.9 Å². The van der Waals surface area contributed by atoms with E-state index in [-0.39, 0.29) is 18.6 Å². The highest BCUT2D eigenvalue weighted by Crippen LogP contribution is 2.28. The third-order valence-corrected chi connectivity index (χ3v) is 5.64. The van der Waals surface area contributed by atoms with Crippen LogP contribution < -0.4 is 10.2 Å². The molecule has 1 aromatic heterocycles. The first-order valence-corrected chi connectivity index (χ1v) is 9.94. The van der Waals surface area contributed by atoms with Gasteiger partial charge in [0.2, 0.25) is 0 Å². The zero-order chi connectivity index (χ0) is 20.6. The largest absolute Gasteiger partial charge is 0.461 e. The predicted octanol–water partition coefficient (Wildman–Crippen LogP) is 2.43. The standard InChI is InChI=1S/C23H25N3O3/c1-4-19-18(17-12-8-9-13-20(17)29-19)14-25(3)15-26-21(27)23(2,24-22(26)28)16-10-6-5-7-11-16/h5-13H,4,14-15H2,1-3H3,(H,24,28)/p+1/t23-/m1/s1. The fourth-order valence-electron chi connectivity index (χ4n) is 4.06. The lowest BCUT2D eigenvalue weighted by Crippen LogP contribution is -3.09. The first kappa shape index (κ1) is 19.2. The second-order valence-corrected chi connectivity index (χ2v) is 7.80. The maximum Gasteiger partial charge on any atom is 0.329 e. The van der Waals surface area contributed by atoms with E-state index in [2.05, 4.69) is 18.3 Å². The number of hydrogen-bond acceptors (Lipinski definition) is 3. The predicted molar refractivity (Wildman–Crippen MR) is 110 cm³/mol. The smallest absolute Gasteiger partial charge is 0.329 e. The average Bonchev–Trinajstić information content (AvgIpc) is 3.19. The summed E-state index contributed by atoms with van der Waals surface area (Å²) in [4.78, 5) is 28.1. The third kappa shape index (κ3) is 3.29. The highest BCUT2D eigenvalue weighted by molar-refractivity contribution is 6.07. The Bertz CT molecular complexity index is 1060. The number of benzene rings is 2. The van der Waals surface area contributed by atoms with Gasteiger partial charge >= 0.3 is 6.03 Å². The highest BCUT2D eigenvalue weighted by atomic mass is 16.3. The molecule has 3 amide bonds. The minimum atomic E-state index is -1.03. The lowest BCUT2D eigenvalue weighted by atomic mass is 9.92. The van der Waals surface area contributed by atoms with Gasteiger partial charge < -0.3 is 14.6 Å². The van der Waals surface area contributed by atoms with Gasteiger partial charge in [-0.05, 0) is 18.6 Å². The first-order chi connectivity index (χ1) is 13.9. The van der Waals surface area contributed by atoms with Crippen molar-refractivity contribution in [1.29, 1.82) is 0 Å². The number of imide groups is 1. The summed E-state index contributed by atoms with van der Waals surface area (Å²) in [6.45, 7) is 4.78. The fourth-order valence-corrected chi connectivity index (χ4v) is 4.06. The number of para-hydroxylation sites is 1. The molecule has 0 aliphatic carbocycles. The van der Waals surface area contributed by atoms with Crippen molar-refractivity contribution in [3.05, 3.63) is 71.5 Å². The Morgan fingerprint density at radius 1 is 1.07 bits per heavy atom. The molecule has 0 spiro atoms. The summed E-state index contributed by atoms with van der Waals surface area (Å²) in [5.74, 6) is 0.734. The number of quaternary nitrogens is 1. The molecule has 0 radical (unpaired) electrons. The summed E-state index contributed by atoms with van der Waals surface area (Å²) in [6.07, 6.45) is 0.798. The molecule has 1 aliphatic rings. The molecule has 1 fully saturated rings. The minimum absolute atomic E-state index is 0.221. The summed E-state index contributed by atoms with van der Waals surface area (Å²) < 4.78 is 5.98. The Hall–Kier alpha value is -3.12. The van der Waals surface area contributed by atoms with Crippen molar-refractivity contribution >= 4 is 22.9 Å². The lowest BCUT2D eigenvalue weighted by molar-refractivity contribution is -0.901. The molecular weight excluding hydrogens is 366 g/mol. The Balaban J connectivity index is 1.54. The van der Waals surface area contributed by atoms with Crippen molar-refractivity contribution in [1.82, 2.24) is 10.2 Å². The molecule has 2 N–H and O–H groups in total. The summed E-state index contributed by atoms with van der Waals surface area (Å²) in [5, 5.41) is 3.96. The topological polar surface area (TPSA) is 67.0 Å². The quantitative estimate of drug-likeness (QED) is 0.633. The number of fused-ring (bicyclic) bond motifs is 1. The number of carbonyl (C=O) groups is 2. The molecule has 0 saturated carbocycles. The second kappa shape index (κ2) is 7.37. The van der Waals surface area contributed by atoms with Crippen LogP contribution in [0.15, 0.2) is 59.0 Å². The highest BCUT2D eigenvalue weighted by Gasteiger charge is 2.49. The molecule has 6 nitrogen and oxygen atoms in total. The number of aryl methyl sites for hydroxylation is 1. The molecule has 6 heteroatoms. The van der Waals surface area contributed by atoms with Crippen LogP contribution in [0.25, 0.3) is 11.0 Å². The van der Waals surface area contributed by atoms with Crippen LogP contribution >= 0.6 is 0 Å². The maximum atomic E-state index is 13.1. The van der Waals surface area contributed by atoms with Gasteiger partial charge in [0.25, 0.3) is 5.91 Å². The van der Waals surface area contributed by atoms with Crippen LogP contribution in [0, 0.1) is 0 Å². The Morgan fingerprint density at radius 3 is 2.48 bits per heavy atom. The van der Waals surface area contributed by atoms with E-state index < -0.39 is 5.54 Å². The van der Waals surface area contributed by atoms with Gasteiger partial charge in [0.1, 0.15) is 23.4 Å². The molecule has 0 bridgehead atoms. The van der Waals surface area contributed by atoms with Crippen molar-refractivity contribution in [2.45, 2.75) is 32.4 Å². The van der Waals surface area contributed by atoms with E-state index in [0.717, 1.165) is 39.2 Å². The van der Waals surface area contributed by atoms with Gasteiger partial charge in [-0.3, -0.25) is 4.79 Å². The van der Waals surface area contributed by atoms with Crippen molar-refractivity contribution in [2.75, 3.05) is 13.7 Å². The number of furan rings is 1. The zero-order valence-electron chi connectivity index (χ0n) is 17.0. The van der Waals surface area contributed by atoms with E-state index in [1.165, 1.54) is 4.90 Å². The zero-order valence-corrected chi connectivity index (χ0v) is 17.0. The van der Waals surface area contributed by atoms with Gasteiger partial charge in [0.05, 0.1) is 12.6 Å². The van der Waals surface area contributed by atoms with Crippen LogP contribution in [0.5, 0.6) is 0 Å². The SMILES string of the molecule is CCc1oc2ccccc2c1C[NH+](C)CN1C(=O)N[C@](C)(c2ccccc2)C1=O. The van der Waals surface area contributed by atoms with Crippen LogP contribution in [0.1, 0.15) is 30.7 Å². The summed E-state index contributed by atoms with van der Waals surface area (Å²) in [5.41, 5.74) is 1.76. The van der Waals surface area contributed by atoms with Crippen LogP contribution in [0.2, 0.25) is 0 Å². The van der Waals surface area contributed by atoms with Gasteiger partial charge in [-0.25, -0.2) is 9.69 Å². The number of nitrogens with zero attached hydrogens (tertiary/aromatic N) is 1. The number of carbonyl (C=O) groups excluding carboxylic acids is 2. The molecule has 4 rings (SSSR count). The van der Waals surface area contributed by atoms with Gasteiger partial charge in [0, 0.05) is 11.8 Å². The monoisotopic (exact) mass is 392 g/mol. The van der Waals surface area contributed by atoms with Crippen LogP contribution in [-0.2, 0) is 23.3 Å². The molecular formula is C23H26N3O3+. The fraction of sp³-hybridized carbons (Fsp3) is 0.304. The summed E-state index contributed by atoms with van der Waals surface area (Å²) >= 11 is 0. The van der Waals surface area contributed by atoms with Crippen LogP contribution in [0.4, 0.5) is 4.79 Å². The van der Waals surface area contributed by atoms with Gasteiger partial charge in [-0.2, -0.15) is 0 Å². The molecule has 29 heavy (non-hydrogen) atoms. The van der Waals surface area contributed by atoms with Gasteiger partial charge in [-0.1, -0.05) is 55.5 Å².